The molecule has 4 heteroatoms. The zero-order valence-corrected chi connectivity index (χ0v) is 13.2. The molecule has 0 aromatic heterocycles. The van der Waals surface area contributed by atoms with E-state index in [1.807, 2.05) is 13.0 Å². The predicted molar refractivity (Wildman–Crippen MR) is 82.0 cm³/mol. The fraction of sp³-hybridized carbons (Fsp3) is 0.533. The van der Waals surface area contributed by atoms with Crippen molar-refractivity contribution < 1.29 is 9.47 Å². The van der Waals surface area contributed by atoms with E-state index < -0.39 is 0 Å². The minimum atomic E-state index is 0. The fourth-order valence-electron chi connectivity index (χ4n) is 1.78. The molecule has 0 spiro atoms. The van der Waals surface area contributed by atoms with Gasteiger partial charge in [0, 0.05) is 5.56 Å². The Morgan fingerprint density at radius 2 is 1.89 bits per heavy atom. The Balaban J connectivity index is 0.00000324. The lowest BCUT2D eigenvalue weighted by molar-refractivity contribution is 0.316. The molecule has 0 aliphatic rings. The van der Waals surface area contributed by atoms with Crippen LogP contribution in [0.5, 0.6) is 5.75 Å². The van der Waals surface area contributed by atoms with Gasteiger partial charge in [-0.2, -0.15) is 0 Å². The van der Waals surface area contributed by atoms with Crippen molar-refractivity contribution in [3.05, 3.63) is 29.3 Å². The maximum atomic E-state index is 7.75. The summed E-state index contributed by atoms with van der Waals surface area (Å²) in [6, 6.07) is 6.15. The number of nitrogens with one attached hydrogen (secondary N) is 1. The van der Waals surface area contributed by atoms with E-state index in [9.17, 15) is 0 Å². The normalized spacial score (nSPS) is 10.6. The Labute approximate surface area is 122 Å². The average Bonchev–Trinajstić information content (AvgIpc) is 2.28. The van der Waals surface area contributed by atoms with E-state index in [2.05, 4.69) is 32.9 Å². The molecule has 0 fully saturated rings. The first-order valence-corrected chi connectivity index (χ1v) is 6.26. The minimum absolute atomic E-state index is 0. The van der Waals surface area contributed by atoms with Gasteiger partial charge in [-0.25, -0.2) is 0 Å². The molecule has 0 atom stereocenters. The first-order chi connectivity index (χ1) is 8.38. The van der Waals surface area contributed by atoms with Crippen LogP contribution in [0, 0.1) is 5.41 Å². The van der Waals surface area contributed by atoms with E-state index in [0.29, 0.717) is 13.0 Å². The summed E-state index contributed by atoms with van der Waals surface area (Å²) in [5.41, 5.74) is 2.33. The van der Waals surface area contributed by atoms with E-state index in [-0.39, 0.29) is 23.7 Å². The lowest BCUT2D eigenvalue weighted by Gasteiger charge is -2.21. The Kier molecular flexibility index (Phi) is 6.91. The standard InChI is InChI=1S/C15H23NO2.ClH/c1-6-18-14(16)10-11-9-12(15(2,3)4)7-8-13(11)17-5;/h7-9,16H,6,10H2,1-5H3;1H. The first kappa shape index (κ1) is 17.8. The van der Waals surface area contributed by atoms with Crippen LogP contribution in [0.2, 0.25) is 0 Å². The quantitative estimate of drug-likeness (QED) is 0.672. The second-order valence-corrected chi connectivity index (χ2v) is 5.31. The molecule has 1 aromatic rings. The van der Waals surface area contributed by atoms with E-state index in [4.69, 9.17) is 14.9 Å². The van der Waals surface area contributed by atoms with Gasteiger partial charge >= 0.3 is 0 Å². The molecule has 0 bridgehead atoms. The van der Waals surface area contributed by atoms with Gasteiger partial charge in [-0.05, 0) is 24.0 Å². The predicted octanol–water partition coefficient (Wildman–Crippen LogP) is 3.97. The molecule has 0 saturated heterocycles. The molecule has 0 saturated carbocycles. The number of halogens is 1. The van der Waals surface area contributed by atoms with Crippen molar-refractivity contribution in [2.24, 2.45) is 0 Å². The van der Waals surface area contributed by atoms with Crippen molar-refractivity contribution in [3.8, 4) is 5.75 Å². The van der Waals surface area contributed by atoms with Gasteiger partial charge in [0.25, 0.3) is 0 Å². The molecule has 0 aliphatic carbocycles. The zero-order valence-electron chi connectivity index (χ0n) is 12.4. The molecule has 19 heavy (non-hydrogen) atoms. The molecule has 1 rings (SSSR count). The van der Waals surface area contributed by atoms with Crippen LogP contribution in [-0.4, -0.2) is 19.6 Å². The topological polar surface area (TPSA) is 42.3 Å². The van der Waals surface area contributed by atoms with Crippen molar-refractivity contribution in [2.75, 3.05) is 13.7 Å². The van der Waals surface area contributed by atoms with Gasteiger partial charge in [-0.1, -0.05) is 32.9 Å². The monoisotopic (exact) mass is 285 g/mol. The number of hydrogen-bond acceptors (Lipinski definition) is 3. The highest BCUT2D eigenvalue weighted by molar-refractivity contribution is 5.85. The summed E-state index contributed by atoms with van der Waals surface area (Å²) in [6.07, 6.45) is 0.473. The van der Waals surface area contributed by atoms with Gasteiger partial charge in [0.05, 0.1) is 20.1 Å². The van der Waals surface area contributed by atoms with Crippen LogP contribution in [0.3, 0.4) is 0 Å². The molecule has 1 aromatic carbocycles. The molecule has 0 aliphatic heterocycles. The highest BCUT2D eigenvalue weighted by atomic mass is 35.5. The number of benzene rings is 1. The van der Waals surface area contributed by atoms with Crippen LogP contribution in [0.4, 0.5) is 0 Å². The SMILES string of the molecule is CCOC(=N)Cc1cc(C(C)(C)C)ccc1OC.Cl. The van der Waals surface area contributed by atoms with E-state index in [1.54, 1.807) is 7.11 Å². The van der Waals surface area contributed by atoms with Crippen molar-refractivity contribution in [3.63, 3.8) is 0 Å². The zero-order chi connectivity index (χ0) is 13.8. The maximum absolute atomic E-state index is 7.75. The summed E-state index contributed by atoms with van der Waals surface area (Å²) in [7, 11) is 1.65. The summed E-state index contributed by atoms with van der Waals surface area (Å²) in [5, 5.41) is 7.75. The van der Waals surface area contributed by atoms with Crippen molar-refractivity contribution in [2.45, 2.75) is 39.5 Å². The van der Waals surface area contributed by atoms with Gasteiger partial charge in [0.2, 0.25) is 0 Å². The highest BCUT2D eigenvalue weighted by Gasteiger charge is 2.16. The summed E-state index contributed by atoms with van der Waals surface area (Å²) >= 11 is 0. The van der Waals surface area contributed by atoms with Crippen molar-refractivity contribution in [1.82, 2.24) is 0 Å². The van der Waals surface area contributed by atoms with Gasteiger partial charge < -0.3 is 9.47 Å². The molecule has 0 amide bonds. The van der Waals surface area contributed by atoms with Gasteiger partial charge in [-0.15, -0.1) is 12.4 Å². The first-order valence-electron chi connectivity index (χ1n) is 6.26. The van der Waals surface area contributed by atoms with Crippen LogP contribution in [-0.2, 0) is 16.6 Å². The van der Waals surface area contributed by atoms with Crippen LogP contribution in [0.15, 0.2) is 18.2 Å². The third-order valence-electron chi connectivity index (χ3n) is 2.82. The Bertz CT molecular complexity index is 425. The van der Waals surface area contributed by atoms with Crippen LogP contribution in [0.25, 0.3) is 0 Å². The van der Waals surface area contributed by atoms with Crippen molar-refractivity contribution >= 4 is 18.3 Å². The summed E-state index contributed by atoms with van der Waals surface area (Å²) in [4.78, 5) is 0. The molecule has 0 heterocycles. The second-order valence-electron chi connectivity index (χ2n) is 5.31. The van der Waals surface area contributed by atoms with Crippen molar-refractivity contribution in [1.29, 1.82) is 5.41 Å². The number of methoxy groups -OCH3 is 1. The Morgan fingerprint density at radius 3 is 2.37 bits per heavy atom. The summed E-state index contributed by atoms with van der Waals surface area (Å²) in [6.45, 7) is 8.93. The summed E-state index contributed by atoms with van der Waals surface area (Å²) < 4.78 is 10.5. The van der Waals surface area contributed by atoms with E-state index in [0.717, 1.165) is 11.3 Å². The minimum Gasteiger partial charge on any atom is -0.496 e. The largest absolute Gasteiger partial charge is 0.496 e. The Morgan fingerprint density at radius 1 is 1.26 bits per heavy atom. The lowest BCUT2D eigenvalue weighted by Crippen LogP contribution is -2.13. The molecule has 1 N–H and O–H groups in total. The van der Waals surface area contributed by atoms with Crippen LogP contribution < -0.4 is 4.74 Å². The fourth-order valence-corrected chi connectivity index (χ4v) is 1.78. The average molecular weight is 286 g/mol. The molecule has 0 unspecified atom stereocenters. The number of hydrogen-bond donors (Lipinski definition) is 1. The van der Waals surface area contributed by atoms with Gasteiger partial charge in [-0.3, -0.25) is 5.41 Å². The summed E-state index contributed by atoms with van der Waals surface area (Å²) in [5.74, 6) is 1.09. The molecular formula is C15H24ClNO2. The Hall–Kier alpha value is -1.22. The van der Waals surface area contributed by atoms with Gasteiger partial charge in [0.1, 0.15) is 5.75 Å². The number of ether oxygens (including phenoxy) is 2. The molecule has 108 valence electrons. The van der Waals surface area contributed by atoms with Gasteiger partial charge in [0.15, 0.2) is 5.90 Å². The third-order valence-corrected chi connectivity index (χ3v) is 2.82. The van der Waals surface area contributed by atoms with Crippen LogP contribution >= 0.6 is 12.4 Å². The van der Waals surface area contributed by atoms with E-state index >= 15 is 0 Å². The second kappa shape index (κ2) is 7.39. The molecular weight excluding hydrogens is 262 g/mol. The maximum Gasteiger partial charge on any atom is 0.184 e. The molecule has 3 nitrogen and oxygen atoms in total. The highest BCUT2D eigenvalue weighted by Crippen LogP contribution is 2.28. The van der Waals surface area contributed by atoms with Crippen LogP contribution in [0.1, 0.15) is 38.8 Å². The number of rotatable bonds is 4. The smallest absolute Gasteiger partial charge is 0.184 e. The lowest BCUT2D eigenvalue weighted by atomic mass is 9.85. The molecule has 0 radical (unpaired) electrons. The van der Waals surface area contributed by atoms with E-state index in [1.165, 1.54) is 5.56 Å². The third kappa shape index (κ3) is 5.11.